The van der Waals surface area contributed by atoms with Crippen molar-refractivity contribution in [3.05, 3.63) is 90.5 Å². The molecule has 7 heteroatoms. The Bertz CT molecular complexity index is 1070. The molecule has 6 nitrogen and oxygen atoms in total. The minimum atomic E-state index is -3.91. The molecule has 0 heterocycles. The normalized spacial score (nSPS) is 11.0. The maximum atomic E-state index is 13.3. The van der Waals surface area contributed by atoms with Gasteiger partial charge in [0.05, 0.1) is 17.7 Å². The third-order valence-corrected chi connectivity index (χ3v) is 6.57. The van der Waals surface area contributed by atoms with Crippen molar-refractivity contribution in [1.29, 1.82) is 0 Å². The van der Waals surface area contributed by atoms with Gasteiger partial charge in [-0.15, -0.1) is 0 Å². The van der Waals surface area contributed by atoms with E-state index in [1.165, 1.54) is 24.8 Å². The summed E-state index contributed by atoms with van der Waals surface area (Å²) in [7, 11) is -2.37. The first-order chi connectivity index (χ1) is 15.0. The first-order valence-electron chi connectivity index (χ1n) is 10.0. The van der Waals surface area contributed by atoms with Crippen LogP contribution in [0.5, 0.6) is 5.75 Å². The number of amides is 1. The molecule has 0 spiro atoms. The van der Waals surface area contributed by atoms with Gasteiger partial charge < -0.3 is 10.1 Å². The van der Waals surface area contributed by atoms with E-state index in [0.717, 1.165) is 17.1 Å². The molecule has 0 bridgehead atoms. The molecule has 0 saturated carbocycles. The highest BCUT2D eigenvalue weighted by Gasteiger charge is 2.27. The molecular weight excluding hydrogens is 412 g/mol. The number of methoxy groups -OCH3 is 1. The molecule has 0 radical (unpaired) electrons. The molecule has 0 aliphatic rings. The third kappa shape index (κ3) is 6.08. The largest absolute Gasteiger partial charge is 0.497 e. The van der Waals surface area contributed by atoms with Gasteiger partial charge >= 0.3 is 0 Å². The van der Waals surface area contributed by atoms with Gasteiger partial charge in [-0.25, -0.2) is 8.42 Å². The number of sulfonamides is 1. The number of carbonyl (C=O) groups is 1. The van der Waals surface area contributed by atoms with Crippen LogP contribution in [0.4, 0.5) is 5.69 Å². The van der Waals surface area contributed by atoms with Crippen molar-refractivity contribution in [2.24, 2.45) is 0 Å². The number of aryl methyl sites for hydroxylation is 1. The molecule has 3 aromatic rings. The smallest absolute Gasteiger partial charge is 0.264 e. The maximum Gasteiger partial charge on any atom is 0.264 e. The topological polar surface area (TPSA) is 75.7 Å². The van der Waals surface area contributed by atoms with Gasteiger partial charge in [0.2, 0.25) is 5.91 Å². The zero-order chi connectivity index (χ0) is 22.1. The molecular formula is C24H26N2O4S. The Balaban J connectivity index is 1.71. The summed E-state index contributed by atoms with van der Waals surface area (Å²) in [6, 6.07) is 24.7. The lowest BCUT2D eigenvalue weighted by molar-refractivity contribution is -0.119. The molecule has 1 N–H and O–H groups in total. The lowest BCUT2D eigenvalue weighted by Crippen LogP contribution is -2.41. The minimum absolute atomic E-state index is 0.127. The average Bonchev–Trinajstić information content (AvgIpc) is 2.81. The number of ether oxygens (including phenoxy) is 1. The van der Waals surface area contributed by atoms with Crippen molar-refractivity contribution >= 4 is 21.6 Å². The highest BCUT2D eigenvalue weighted by Crippen LogP contribution is 2.25. The molecule has 1 amide bonds. The Labute approximate surface area is 183 Å². The number of hydrogen-bond donors (Lipinski definition) is 1. The van der Waals surface area contributed by atoms with Crippen LogP contribution in [0.3, 0.4) is 0 Å². The SMILES string of the molecule is COc1ccc(N(CC(=O)NCCCc2ccccc2)S(=O)(=O)c2ccccc2)cc1. The molecule has 3 rings (SSSR count). The lowest BCUT2D eigenvalue weighted by atomic mass is 10.1. The second-order valence-corrected chi connectivity index (χ2v) is 8.82. The summed E-state index contributed by atoms with van der Waals surface area (Å²) in [4.78, 5) is 12.7. The highest BCUT2D eigenvalue weighted by atomic mass is 32.2. The summed E-state index contributed by atoms with van der Waals surface area (Å²) < 4.78 is 32.8. The van der Waals surface area contributed by atoms with Gasteiger partial charge in [0.1, 0.15) is 12.3 Å². The molecule has 0 saturated heterocycles. The van der Waals surface area contributed by atoms with E-state index in [9.17, 15) is 13.2 Å². The van der Waals surface area contributed by atoms with Crippen LogP contribution in [-0.2, 0) is 21.2 Å². The number of nitrogens with zero attached hydrogens (tertiary/aromatic N) is 1. The molecule has 0 unspecified atom stereocenters. The van der Waals surface area contributed by atoms with E-state index in [4.69, 9.17) is 4.74 Å². The highest BCUT2D eigenvalue weighted by molar-refractivity contribution is 7.92. The van der Waals surface area contributed by atoms with E-state index in [-0.39, 0.29) is 17.3 Å². The van der Waals surface area contributed by atoms with Crippen molar-refractivity contribution in [2.75, 3.05) is 24.5 Å². The minimum Gasteiger partial charge on any atom is -0.497 e. The van der Waals surface area contributed by atoms with E-state index >= 15 is 0 Å². The zero-order valence-electron chi connectivity index (χ0n) is 17.4. The van der Waals surface area contributed by atoms with Crippen molar-refractivity contribution in [2.45, 2.75) is 17.7 Å². The van der Waals surface area contributed by atoms with Crippen LogP contribution >= 0.6 is 0 Å². The summed E-state index contributed by atoms with van der Waals surface area (Å²) in [6.45, 7) is 0.157. The summed E-state index contributed by atoms with van der Waals surface area (Å²) in [5.41, 5.74) is 1.59. The van der Waals surface area contributed by atoms with Crippen LogP contribution in [0.25, 0.3) is 0 Å². The Morgan fingerprint density at radius 3 is 2.13 bits per heavy atom. The Hall–Kier alpha value is -3.32. The molecule has 0 aliphatic carbocycles. The monoisotopic (exact) mass is 438 g/mol. The number of carbonyl (C=O) groups excluding carboxylic acids is 1. The predicted octanol–water partition coefficient (Wildman–Crippen LogP) is 3.64. The second kappa shape index (κ2) is 10.6. The van der Waals surface area contributed by atoms with Gasteiger partial charge in [0.15, 0.2) is 0 Å². The van der Waals surface area contributed by atoms with Crippen molar-refractivity contribution in [3.63, 3.8) is 0 Å². The number of nitrogens with one attached hydrogen (secondary N) is 1. The Morgan fingerprint density at radius 2 is 1.52 bits per heavy atom. The number of rotatable bonds is 10. The summed E-state index contributed by atoms with van der Waals surface area (Å²) in [6.07, 6.45) is 1.61. The lowest BCUT2D eigenvalue weighted by Gasteiger charge is -2.24. The van der Waals surface area contributed by atoms with Gasteiger partial charge in [-0.2, -0.15) is 0 Å². The molecule has 0 atom stereocenters. The van der Waals surface area contributed by atoms with E-state index in [1.54, 1.807) is 42.5 Å². The van der Waals surface area contributed by atoms with Crippen LogP contribution < -0.4 is 14.4 Å². The van der Waals surface area contributed by atoms with E-state index in [1.807, 2.05) is 30.3 Å². The fourth-order valence-electron chi connectivity index (χ4n) is 3.13. The molecule has 0 fully saturated rings. The van der Waals surface area contributed by atoms with E-state index in [0.29, 0.717) is 18.0 Å². The summed E-state index contributed by atoms with van der Waals surface area (Å²) in [5.74, 6) is 0.245. The molecule has 31 heavy (non-hydrogen) atoms. The van der Waals surface area contributed by atoms with E-state index < -0.39 is 10.0 Å². The second-order valence-electron chi connectivity index (χ2n) is 6.96. The maximum absolute atomic E-state index is 13.3. The molecule has 162 valence electrons. The quantitative estimate of drug-likeness (QED) is 0.491. The van der Waals surface area contributed by atoms with Crippen LogP contribution in [0.15, 0.2) is 89.8 Å². The van der Waals surface area contributed by atoms with Gasteiger partial charge in [0, 0.05) is 6.54 Å². The number of anilines is 1. The van der Waals surface area contributed by atoms with Crippen molar-refractivity contribution < 1.29 is 17.9 Å². The summed E-state index contributed by atoms with van der Waals surface area (Å²) in [5, 5.41) is 2.83. The molecule has 0 aliphatic heterocycles. The van der Waals surface area contributed by atoms with Gasteiger partial charge in [-0.05, 0) is 54.8 Å². The Kier molecular flexibility index (Phi) is 7.67. The first-order valence-corrected chi connectivity index (χ1v) is 11.5. The molecule has 0 aromatic heterocycles. The average molecular weight is 439 g/mol. The van der Waals surface area contributed by atoms with Crippen molar-refractivity contribution in [3.8, 4) is 5.75 Å². The standard InChI is InChI=1S/C24H26N2O4S/c1-30-22-16-14-21(15-17-22)26(31(28,29)23-12-6-3-7-13-23)19-24(27)25-18-8-11-20-9-4-2-5-10-20/h2-7,9-10,12-17H,8,11,18-19H2,1H3,(H,25,27). The summed E-state index contributed by atoms with van der Waals surface area (Å²) >= 11 is 0. The Morgan fingerprint density at radius 1 is 0.903 bits per heavy atom. The van der Waals surface area contributed by atoms with Crippen molar-refractivity contribution in [1.82, 2.24) is 5.32 Å². The van der Waals surface area contributed by atoms with E-state index in [2.05, 4.69) is 5.32 Å². The van der Waals surface area contributed by atoms with Gasteiger partial charge in [0.25, 0.3) is 10.0 Å². The molecule has 3 aromatic carbocycles. The van der Waals surface area contributed by atoms with Gasteiger partial charge in [-0.3, -0.25) is 9.10 Å². The number of benzene rings is 3. The number of hydrogen-bond acceptors (Lipinski definition) is 4. The fraction of sp³-hybridized carbons (Fsp3) is 0.208. The van der Waals surface area contributed by atoms with Crippen LogP contribution in [0, 0.1) is 0 Å². The fourth-order valence-corrected chi connectivity index (χ4v) is 4.58. The van der Waals surface area contributed by atoms with Crippen LogP contribution in [0.1, 0.15) is 12.0 Å². The predicted molar refractivity (Wildman–Crippen MR) is 122 cm³/mol. The van der Waals surface area contributed by atoms with Gasteiger partial charge in [-0.1, -0.05) is 48.5 Å². The zero-order valence-corrected chi connectivity index (χ0v) is 18.2. The van der Waals surface area contributed by atoms with Crippen LogP contribution in [-0.4, -0.2) is 34.5 Å². The van der Waals surface area contributed by atoms with Crippen LogP contribution in [0.2, 0.25) is 0 Å². The third-order valence-electron chi connectivity index (χ3n) is 4.79. The first kappa shape index (κ1) is 22.4.